The van der Waals surface area contributed by atoms with E-state index in [2.05, 4.69) is 20.7 Å². The van der Waals surface area contributed by atoms with Gasteiger partial charge in [0, 0.05) is 0 Å². The number of hydrogen-bond acceptors (Lipinski definition) is 5. The van der Waals surface area contributed by atoms with Crippen LogP contribution in [0.4, 0.5) is 0 Å². The quantitative estimate of drug-likeness (QED) is 0.641. The lowest BCUT2D eigenvalue weighted by Gasteiger charge is -2.06. The van der Waals surface area contributed by atoms with Crippen LogP contribution in [0.3, 0.4) is 0 Å². The molecule has 0 radical (unpaired) electrons. The number of carbonyl (C=O) groups excluding carboxylic acids is 2. The van der Waals surface area contributed by atoms with E-state index in [0.717, 1.165) is 0 Å². The Morgan fingerprint density at radius 2 is 2.00 bits per heavy atom. The van der Waals surface area contributed by atoms with Gasteiger partial charge in [0.05, 0.1) is 23.4 Å². The van der Waals surface area contributed by atoms with E-state index in [9.17, 15) is 9.59 Å². The van der Waals surface area contributed by atoms with E-state index in [1.165, 1.54) is 37.6 Å². The zero-order valence-corrected chi connectivity index (χ0v) is 11.5. The minimum atomic E-state index is -0.614. The van der Waals surface area contributed by atoms with Crippen LogP contribution in [0.1, 0.15) is 20.9 Å². The summed E-state index contributed by atoms with van der Waals surface area (Å²) in [4.78, 5) is 23.0. The fourth-order valence-corrected chi connectivity index (χ4v) is 1.83. The van der Waals surface area contributed by atoms with E-state index >= 15 is 0 Å². The second-order valence-corrected chi connectivity index (χ2v) is 4.36. The molecule has 0 N–H and O–H groups in total. The summed E-state index contributed by atoms with van der Waals surface area (Å²) in [6, 6.07) is 7.60. The number of halogens is 1. The number of ether oxygens (including phenoxy) is 2. The minimum absolute atomic E-state index is 0.101. The predicted octanol–water partition coefficient (Wildman–Crippen LogP) is 3.05. The van der Waals surface area contributed by atoms with Crippen LogP contribution in [0.15, 0.2) is 45.5 Å². The maximum atomic E-state index is 11.7. The lowest BCUT2D eigenvalue weighted by atomic mass is 10.2. The fraction of sp³-hybridized carbons (Fsp3) is 0.0769. The summed E-state index contributed by atoms with van der Waals surface area (Å²) in [7, 11) is 1.29. The van der Waals surface area contributed by atoms with Crippen molar-refractivity contribution in [2.75, 3.05) is 7.11 Å². The van der Waals surface area contributed by atoms with Crippen LogP contribution in [0, 0.1) is 0 Å². The van der Waals surface area contributed by atoms with E-state index in [1.54, 1.807) is 6.07 Å². The van der Waals surface area contributed by atoms with E-state index in [4.69, 9.17) is 9.15 Å². The molecule has 0 spiro atoms. The predicted molar refractivity (Wildman–Crippen MR) is 69.1 cm³/mol. The lowest BCUT2D eigenvalue weighted by Crippen LogP contribution is -2.08. The molecule has 1 aromatic heterocycles. The van der Waals surface area contributed by atoms with E-state index in [-0.39, 0.29) is 11.5 Å². The highest BCUT2D eigenvalue weighted by Gasteiger charge is 2.15. The number of rotatable bonds is 3. The Labute approximate surface area is 117 Å². The van der Waals surface area contributed by atoms with Crippen LogP contribution in [0.2, 0.25) is 0 Å². The molecule has 0 fully saturated rings. The first-order valence-corrected chi connectivity index (χ1v) is 6.04. The molecule has 0 saturated carbocycles. The van der Waals surface area contributed by atoms with Crippen molar-refractivity contribution in [3.05, 3.63) is 52.4 Å². The van der Waals surface area contributed by atoms with Crippen molar-refractivity contribution >= 4 is 27.9 Å². The Balaban J connectivity index is 2.18. The number of furan rings is 1. The van der Waals surface area contributed by atoms with Crippen molar-refractivity contribution < 1.29 is 23.5 Å². The monoisotopic (exact) mass is 324 g/mol. The van der Waals surface area contributed by atoms with Gasteiger partial charge in [-0.05, 0) is 46.3 Å². The van der Waals surface area contributed by atoms with Gasteiger partial charge in [-0.1, -0.05) is 0 Å². The Morgan fingerprint density at radius 1 is 1.21 bits per heavy atom. The molecule has 0 aliphatic carbocycles. The van der Waals surface area contributed by atoms with E-state index < -0.39 is 11.9 Å². The van der Waals surface area contributed by atoms with Gasteiger partial charge in [0.25, 0.3) is 0 Å². The molecular weight excluding hydrogens is 316 g/mol. The zero-order valence-electron chi connectivity index (χ0n) is 9.88. The fourth-order valence-electron chi connectivity index (χ4n) is 1.37. The van der Waals surface area contributed by atoms with Crippen molar-refractivity contribution in [1.29, 1.82) is 0 Å². The maximum Gasteiger partial charge on any atom is 0.379 e. The summed E-state index contributed by atoms with van der Waals surface area (Å²) in [5.74, 6) is -0.695. The van der Waals surface area contributed by atoms with Crippen LogP contribution in [-0.2, 0) is 4.74 Å². The molecule has 0 saturated heterocycles. The molecule has 1 heterocycles. The molecule has 6 heteroatoms. The normalized spacial score (nSPS) is 10.0. The summed E-state index contributed by atoms with van der Waals surface area (Å²) in [5.41, 5.74) is 0.354. The summed E-state index contributed by atoms with van der Waals surface area (Å²) in [5, 5.41) is 0. The third-order valence-electron chi connectivity index (χ3n) is 2.28. The molecule has 0 unspecified atom stereocenters. The van der Waals surface area contributed by atoms with Crippen LogP contribution in [-0.4, -0.2) is 19.0 Å². The topological polar surface area (TPSA) is 65.7 Å². The first kappa shape index (κ1) is 13.4. The van der Waals surface area contributed by atoms with Gasteiger partial charge >= 0.3 is 11.9 Å². The Kier molecular flexibility index (Phi) is 4.01. The minimum Gasteiger partial charge on any atom is -0.465 e. The molecule has 1 aromatic carbocycles. The van der Waals surface area contributed by atoms with Crippen LogP contribution in [0.25, 0.3) is 0 Å². The molecule has 19 heavy (non-hydrogen) atoms. The molecule has 0 aliphatic heterocycles. The second-order valence-electron chi connectivity index (χ2n) is 3.50. The summed E-state index contributed by atoms with van der Waals surface area (Å²) in [6.45, 7) is 0. The average Bonchev–Trinajstić information content (AvgIpc) is 2.94. The zero-order chi connectivity index (χ0) is 13.8. The Morgan fingerprint density at radius 3 is 2.58 bits per heavy atom. The van der Waals surface area contributed by atoms with Gasteiger partial charge in [0.2, 0.25) is 5.76 Å². The summed E-state index contributed by atoms with van der Waals surface area (Å²) < 4.78 is 15.1. The molecule has 2 rings (SSSR count). The number of carbonyl (C=O) groups is 2. The Hall–Kier alpha value is -2.08. The van der Waals surface area contributed by atoms with Crippen LogP contribution < -0.4 is 4.74 Å². The standard InChI is InChI=1S/C13H9BrO5/c1-17-12(15)8-4-5-10(9(14)7-8)19-13(16)11-3-2-6-18-11/h2-7H,1H3. The van der Waals surface area contributed by atoms with E-state index in [1.807, 2.05) is 0 Å². The number of methoxy groups -OCH3 is 1. The van der Waals surface area contributed by atoms with Crippen molar-refractivity contribution in [3.8, 4) is 5.75 Å². The van der Waals surface area contributed by atoms with Crippen LogP contribution >= 0.6 is 15.9 Å². The lowest BCUT2D eigenvalue weighted by molar-refractivity contribution is 0.0600. The van der Waals surface area contributed by atoms with Gasteiger partial charge < -0.3 is 13.9 Å². The highest BCUT2D eigenvalue weighted by atomic mass is 79.9. The largest absolute Gasteiger partial charge is 0.465 e. The number of hydrogen-bond donors (Lipinski definition) is 0. The third-order valence-corrected chi connectivity index (χ3v) is 2.90. The summed E-state index contributed by atoms with van der Waals surface area (Å²) >= 11 is 3.22. The van der Waals surface area contributed by atoms with Crippen molar-refractivity contribution in [1.82, 2.24) is 0 Å². The smallest absolute Gasteiger partial charge is 0.379 e. The molecule has 2 aromatic rings. The van der Waals surface area contributed by atoms with Crippen molar-refractivity contribution in [2.45, 2.75) is 0 Å². The SMILES string of the molecule is COC(=O)c1ccc(OC(=O)c2ccco2)c(Br)c1. The van der Waals surface area contributed by atoms with Crippen LogP contribution in [0.5, 0.6) is 5.75 Å². The molecule has 0 atom stereocenters. The number of benzene rings is 1. The molecule has 0 bridgehead atoms. The summed E-state index contributed by atoms with van der Waals surface area (Å²) in [6.07, 6.45) is 1.38. The first-order chi connectivity index (χ1) is 9.11. The molecular formula is C13H9BrO5. The van der Waals surface area contributed by atoms with Gasteiger partial charge in [-0.3, -0.25) is 0 Å². The van der Waals surface area contributed by atoms with Gasteiger partial charge in [-0.25, -0.2) is 9.59 Å². The van der Waals surface area contributed by atoms with E-state index in [0.29, 0.717) is 10.0 Å². The Bertz CT molecular complexity index is 604. The molecule has 98 valence electrons. The first-order valence-electron chi connectivity index (χ1n) is 5.25. The molecule has 0 aliphatic rings. The average molecular weight is 325 g/mol. The van der Waals surface area contributed by atoms with Crippen molar-refractivity contribution in [3.63, 3.8) is 0 Å². The second kappa shape index (κ2) is 5.71. The highest BCUT2D eigenvalue weighted by Crippen LogP contribution is 2.27. The third kappa shape index (κ3) is 3.03. The van der Waals surface area contributed by atoms with Gasteiger partial charge in [0.15, 0.2) is 0 Å². The van der Waals surface area contributed by atoms with Gasteiger partial charge in [0.1, 0.15) is 5.75 Å². The van der Waals surface area contributed by atoms with Gasteiger partial charge in [-0.15, -0.1) is 0 Å². The van der Waals surface area contributed by atoms with Gasteiger partial charge in [-0.2, -0.15) is 0 Å². The molecule has 5 nitrogen and oxygen atoms in total. The highest BCUT2D eigenvalue weighted by molar-refractivity contribution is 9.10. The maximum absolute atomic E-state index is 11.7. The van der Waals surface area contributed by atoms with Crippen molar-refractivity contribution in [2.24, 2.45) is 0 Å². The number of esters is 2. The molecule has 0 amide bonds.